The van der Waals surface area contributed by atoms with Crippen molar-refractivity contribution in [3.8, 4) is 11.1 Å². The van der Waals surface area contributed by atoms with Gasteiger partial charge in [-0.3, -0.25) is 4.98 Å². The molecule has 1 fully saturated rings. The van der Waals surface area contributed by atoms with E-state index in [4.69, 9.17) is 14.2 Å². The van der Waals surface area contributed by atoms with Crippen LogP contribution in [0.2, 0.25) is 0 Å². The summed E-state index contributed by atoms with van der Waals surface area (Å²) in [6, 6.07) is 30.3. The van der Waals surface area contributed by atoms with E-state index in [1.807, 2.05) is 72.9 Å². The third-order valence-electron chi connectivity index (χ3n) is 8.28. The first-order chi connectivity index (χ1) is 22.4. The molecule has 1 amide bonds. The van der Waals surface area contributed by atoms with Crippen molar-refractivity contribution in [2.45, 2.75) is 45.0 Å². The summed E-state index contributed by atoms with van der Waals surface area (Å²) in [7, 11) is 2.12. The number of rotatable bonds is 13. The van der Waals surface area contributed by atoms with E-state index in [0.29, 0.717) is 6.54 Å². The second-order valence-corrected chi connectivity index (χ2v) is 11.7. The number of nitrogens with one attached hydrogen (secondary N) is 1. The highest BCUT2D eigenvalue weighted by Gasteiger charge is 2.38. The van der Waals surface area contributed by atoms with Crippen LogP contribution < -0.4 is 5.32 Å². The van der Waals surface area contributed by atoms with E-state index < -0.39 is 12.4 Å². The largest absolute Gasteiger partial charge is 0.445 e. The molecule has 0 spiro atoms. The number of pyridine rings is 1. The fourth-order valence-corrected chi connectivity index (χ4v) is 5.66. The van der Waals surface area contributed by atoms with Gasteiger partial charge < -0.3 is 29.5 Å². The van der Waals surface area contributed by atoms with Gasteiger partial charge in [0.25, 0.3) is 0 Å². The predicted octanol–water partition coefficient (Wildman–Crippen LogP) is 6.62. The number of aromatic nitrogens is 1. The van der Waals surface area contributed by atoms with Crippen molar-refractivity contribution >= 4 is 6.09 Å². The van der Waals surface area contributed by atoms with E-state index in [-0.39, 0.29) is 31.3 Å². The summed E-state index contributed by atoms with van der Waals surface area (Å²) in [4.78, 5) is 18.7. The maximum absolute atomic E-state index is 11.9. The van der Waals surface area contributed by atoms with Crippen molar-refractivity contribution < 1.29 is 24.1 Å². The van der Waals surface area contributed by atoms with Crippen LogP contribution in [0.1, 0.15) is 47.3 Å². The number of benzene rings is 3. The van der Waals surface area contributed by atoms with Gasteiger partial charge in [0, 0.05) is 49.4 Å². The Balaban J connectivity index is 1.34. The molecular weight excluding hydrogens is 578 g/mol. The van der Waals surface area contributed by atoms with E-state index in [9.17, 15) is 9.90 Å². The molecular formula is C38H43N3O5. The first-order valence-electron chi connectivity index (χ1n) is 15.7. The molecule has 1 aliphatic heterocycles. The second-order valence-electron chi connectivity index (χ2n) is 11.7. The number of alkyl carbamates (subject to hydrolysis) is 1. The highest BCUT2D eigenvalue weighted by molar-refractivity contribution is 5.68. The summed E-state index contributed by atoms with van der Waals surface area (Å²) in [5, 5.41) is 12.4. The molecule has 2 heterocycles. The maximum atomic E-state index is 11.9. The molecule has 1 aromatic heterocycles. The molecule has 8 heteroatoms. The Kier molecular flexibility index (Phi) is 11.7. The lowest BCUT2D eigenvalue weighted by Gasteiger charge is -2.42. The van der Waals surface area contributed by atoms with Crippen molar-refractivity contribution in [3.63, 3.8) is 0 Å². The number of nitrogens with zero attached hydrogens (tertiary/aromatic N) is 2. The second kappa shape index (κ2) is 16.3. The molecule has 0 aliphatic carbocycles. The van der Waals surface area contributed by atoms with Gasteiger partial charge in [0.1, 0.15) is 6.61 Å². The van der Waals surface area contributed by atoms with E-state index in [2.05, 4.69) is 60.0 Å². The van der Waals surface area contributed by atoms with Gasteiger partial charge in [0.15, 0.2) is 6.29 Å². The number of hydrogen-bond acceptors (Lipinski definition) is 7. The first kappa shape index (κ1) is 33.0. The third-order valence-corrected chi connectivity index (χ3v) is 8.28. The van der Waals surface area contributed by atoms with Gasteiger partial charge in [-0.1, -0.05) is 86.3 Å². The Morgan fingerprint density at radius 1 is 0.978 bits per heavy atom. The average molecular weight is 622 g/mol. The smallest absolute Gasteiger partial charge is 0.407 e. The summed E-state index contributed by atoms with van der Waals surface area (Å²) in [6.07, 6.45) is 2.89. The zero-order valence-electron chi connectivity index (χ0n) is 26.5. The quantitative estimate of drug-likeness (QED) is 0.162. The van der Waals surface area contributed by atoms with Crippen LogP contribution in [0.25, 0.3) is 11.1 Å². The number of amides is 1. The number of likely N-dealkylation sites (N-methyl/N-ethyl adjacent to an activating group) is 1. The topological polar surface area (TPSA) is 93.2 Å². The number of aliphatic hydroxyl groups is 1. The molecule has 46 heavy (non-hydrogen) atoms. The molecule has 4 aromatic rings. The Morgan fingerprint density at radius 2 is 1.76 bits per heavy atom. The van der Waals surface area contributed by atoms with E-state index in [1.54, 1.807) is 0 Å². The van der Waals surface area contributed by atoms with Crippen molar-refractivity contribution in [2.24, 2.45) is 5.92 Å². The molecule has 4 atom stereocenters. The minimum absolute atomic E-state index is 0.000235. The van der Waals surface area contributed by atoms with Crippen LogP contribution in [-0.4, -0.2) is 53.9 Å². The zero-order chi connectivity index (χ0) is 32.3. The highest BCUT2D eigenvalue weighted by Crippen LogP contribution is 2.42. The maximum Gasteiger partial charge on any atom is 0.407 e. The monoisotopic (exact) mass is 621 g/mol. The Labute approximate surface area is 271 Å². The van der Waals surface area contributed by atoms with Crippen LogP contribution in [0.3, 0.4) is 0 Å². The fraction of sp³-hybridized carbons (Fsp3) is 0.316. The molecule has 3 aromatic carbocycles. The minimum atomic E-state index is -0.572. The molecule has 1 saturated heterocycles. The minimum Gasteiger partial charge on any atom is -0.445 e. The van der Waals surface area contributed by atoms with Crippen molar-refractivity contribution in [1.29, 1.82) is 0 Å². The van der Waals surface area contributed by atoms with Crippen molar-refractivity contribution in [1.82, 2.24) is 15.2 Å². The summed E-state index contributed by atoms with van der Waals surface area (Å²) in [6.45, 7) is 7.86. The van der Waals surface area contributed by atoms with Gasteiger partial charge in [-0.15, -0.1) is 0 Å². The van der Waals surface area contributed by atoms with Crippen molar-refractivity contribution in [3.05, 3.63) is 138 Å². The normalized spacial score (nSPS) is 19.5. The summed E-state index contributed by atoms with van der Waals surface area (Å²) < 4.78 is 18.5. The van der Waals surface area contributed by atoms with Crippen LogP contribution in [0.5, 0.6) is 0 Å². The lowest BCUT2D eigenvalue weighted by Crippen LogP contribution is -2.43. The van der Waals surface area contributed by atoms with Gasteiger partial charge in [0.05, 0.1) is 18.8 Å². The first-order valence-corrected chi connectivity index (χ1v) is 15.7. The molecule has 0 radical (unpaired) electrons. The number of hydrogen-bond donors (Lipinski definition) is 2. The standard InChI is InChI=1S/C38H43N3O5/c1-4-21-44-38(43)40-24-29-9-7-10-31(22-29)32-11-8-12-33(23-32)37-45-35(25-41(3)20-18-34-13-5-6-19-39-34)27(2)36(46-37)30-16-14-28(26-42)15-17-30/h4-17,19,22-23,27,35-37,42H,1,18,20-21,24-26H2,2-3H3,(H,40,43)/t27-,35+,36+,37+/m1/s1. The number of aliphatic hydroxyl groups excluding tert-OH is 1. The highest BCUT2D eigenvalue weighted by atomic mass is 16.7. The Hall–Kier alpha value is -4.34. The van der Waals surface area contributed by atoms with Gasteiger partial charge in [-0.05, 0) is 59.1 Å². The number of ether oxygens (including phenoxy) is 3. The van der Waals surface area contributed by atoms with Gasteiger partial charge in [-0.25, -0.2) is 4.79 Å². The zero-order valence-corrected chi connectivity index (χ0v) is 26.5. The van der Waals surface area contributed by atoms with E-state index >= 15 is 0 Å². The van der Waals surface area contributed by atoms with Gasteiger partial charge >= 0.3 is 6.09 Å². The Bertz CT molecular complexity index is 1560. The predicted molar refractivity (Wildman–Crippen MR) is 179 cm³/mol. The molecule has 1 aliphatic rings. The number of carbonyl (C=O) groups is 1. The molecule has 5 rings (SSSR count). The van der Waals surface area contributed by atoms with E-state index in [0.717, 1.165) is 58.6 Å². The van der Waals surface area contributed by atoms with Crippen LogP contribution in [0, 0.1) is 5.92 Å². The molecule has 2 N–H and O–H groups in total. The van der Waals surface area contributed by atoms with Crippen LogP contribution in [-0.2, 0) is 33.8 Å². The lowest BCUT2D eigenvalue weighted by atomic mass is 9.90. The number of carbonyl (C=O) groups excluding carboxylic acids is 1. The molecule has 8 nitrogen and oxygen atoms in total. The fourth-order valence-electron chi connectivity index (χ4n) is 5.66. The molecule has 0 unspecified atom stereocenters. The molecule has 0 bridgehead atoms. The Morgan fingerprint density at radius 3 is 2.50 bits per heavy atom. The van der Waals surface area contributed by atoms with Crippen LogP contribution >= 0.6 is 0 Å². The van der Waals surface area contributed by atoms with Crippen molar-refractivity contribution in [2.75, 3.05) is 26.7 Å². The third kappa shape index (κ3) is 8.89. The van der Waals surface area contributed by atoms with E-state index in [1.165, 1.54) is 6.08 Å². The SMILES string of the molecule is C=CCOC(=O)NCc1cccc(-c2cccc([C@H]3O[C@@H](CN(C)CCc4ccccn4)[C@@H](C)[C@@H](c4ccc(CO)cc4)O3)c2)c1. The average Bonchev–Trinajstić information content (AvgIpc) is 3.10. The molecule has 240 valence electrons. The van der Waals surface area contributed by atoms with Gasteiger partial charge in [-0.2, -0.15) is 0 Å². The van der Waals surface area contributed by atoms with Crippen LogP contribution in [0.15, 0.2) is 110 Å². The molecule has 0 saturated carbocycles. The lowest BCUT2D eigenvalue weighted by molar-refractivity contribution is -0.275. The summed E-state index contributed by atoms with van der Waals surface area (Å²) >= 11 is 0. The summed E-state index contributed by atoms with van der Waals surface area (Å²) in [5.74, 6) is 0.0825. The van der Waals surface area contributed by atoms with Crippen LogP contribution in [0.4, 0.5) is 4.79 Å². The summed E-state index contributed by atoms with van der Waals surface area (Å²) in [5.41, 5.74) is 6.92. The van der Waals surface area contributed by atoms with Gasteiger partial charge in [0.2, 0.25) is 0 Å².